The summed E-state index contributed by atoms with van der Waals surface area (Å²) in [7, 11) is 0. The molecule has 0 saturated heterocycles. The average molecular weight is 230 g/mol. The molecule has 0 radical (unpaired) electrons. The van der Waals surface area contributed by atoms with Crippen LogP contribution in [0.15, 0.2) is 0 Å². The van der Waals surface area contributed by atoms with Gasteiger partial charge < -0.3 is 16.2 Å². The van der Waals surface area contributed by atoms with Crippen LogP contribution in [0.1, 0.15) is 47.0 Å². The lowest BCUT2D eigenvalue weighted by molar-refractivity contribution is -0.127. The van der Waals surface area contributed by atoms with Crippen molar-refractivity contribution in [3.05, 3.63) is 0 Å². The summed E-state index contributed by atoms with van der Waals surface area (Å²) >= 11 is 0. The van der Waals surface area contributed by atoms with Crippen molar-refractivity contribution in [3.63, 3.8) is 0 Å². The Balaban J connectivity index is 4.06. The molecule has 1 amide bonds. The minimum Gasteiger partial charge on any atom is -0.391 e. The van der Waals surface area contributed by atoms with Gasteiger partial charge in [0, 0.05) is 6.54 Å². The molecule has 0 aliphatic rings. The third-order valence-electron chi connectivity index (χ3n) is 2.96. The van der Waals surface area contributed by atoms with Crippen molar-refractivity contribution >= 4 is 5.91 Å². The zero-order valence-corrected chi connectivity index (χ0v) is 10.9. The summed E-state index contributed by atoms with van der Waals surface area (Å²) < 4.78 is 0. The van der Waals surface area contributed by atoms with Gasteiger partial charge in [0.15, 0.2) is 0 Å². The highest BCUT2D eigenvalue weighted by Gasteiger charge is 2.29. The van der Waals surface area contributed by atoms with E-state index >= 15 is 0 Å². The van der Waals surface area contributed by atoms with Gasteiger partial charge in [0.05, 0.1) is 11.6 Å². The van der Waals surface area contributed by atoms with Crippen LogP contribution in [0.5, 0.6) is 0 Å². The average Bonchev–Trinajstić information content (AvgIpc) is 2.23. The van der Waals surface area contributed by atoms with E-state index in [9.17, 15) is 9.90 Å². The standard InChI is InChI=1S/C12H26N2O2/c1-5-12(13,6-2)11(16)14-8-10(15)7-9(3)4/h9-10,15H,5-8,13H2,1-4H3,(H,14,16). The third kappa shape index (κ3) is 4.94. The molecule has 1 atom stereocenters. The van der Waals surface area contributed by atoms with Gasteiger partial charge in [-0.2, -0.15) is 0 Å². The van der Waals surface area contributed by atoms with Crippen LogP contribution in [0.3, 0.4) is 0 Å². The maximum Gasteiger partial charge on any atom is 0.240 e. The number of rotatable bonds is 7. The van der Waals surface area contributed by atoms with Crippen LogP contribution in [0, 0.1) is 5.92 Å². The van der Waals surface area contributed by atoms with Crippen LogP contribution in [0.4, 0.5) is 0 Å². The van der Waals surface area contributed by atoms with E-state index in [0.717, 1.165) is 0 Å². The zero-order valence-electron chi connectivity index (χ0n) is 10.9. The van der Waals surface area contributed by atoms with Gasteiger partial charge in [-0.25, -0.2) is 0 Å². The Morgan fingerprint density at radius 2 is 1.88 bits per heavy atom. The van der Waals surface area contributed by atoms with Gasteiger partial charge in [-0.15, -0.1) is 0 Å². The number of hydrogen-bond acceptors (Lipinski definition) is 3. The van der Waals surface area contributed by atoms with E-state index in [1.807, 2.05) is 27.7 Å². The summed E-state index contributed by atoms with van der Waals surface area (Å²) in [5.74, 6) is 0.257. The Morgan fingerprint density at radius 1 is 1.38 bits per heavy atom. The molecule has 0 aromatic heterocycles. The largest absolute Gasteiger partial charge is 0.391 e. The maximum absolute atomic E-state index is 11.8. The first-order chi connectivity index (χ1) is 7.35. The van der Waals surface area contributed by atoms with Crippen molar-refractivity contribution in [2.24, 2.45) is 11.7 Å². The van der Waals surface area contributed by atoms with Crippen molar-refractivity contribution in [3.8, 4) is 0 Å². The lowest BCUT2D eigenvalue weighted by Gasteiger charge is -2.26. The predicted molar refractivity (Wildman–Crippen MR) is 66.0 cm³/mol. The van der Waals surface area contributed by atoms with Crippen molar-refractivity contribution in [2.45, 2.75) is 58.6 Å². The Labute approximate surface area is 98.6 Å². The Kier molecular flexibility index (Phi) is 6.60. The van der Waals surface area contributed by atoms with E-state index < -0.39 is 11.6 Å². The van der Waals surface area contributed by atoms with Gasteiger partial charge in [-0.1, -0.05) is 27.7 Å². The van der Waals surface area contributed by atoms with Crippen molar-refractivity contribution in [2.75, 3.05) is 6.54 Å². The topological polar surface area (TPSA) is 75.4 Å². The summed E-state index contributed by atoms with van der Waals surface area (Å²) in [6, 6.07) is 0. The Bertz CT molecular complexity index is 213. The minimum atomic E-state index is -0.794. The van der Waals surface area contributed by atoms with Crippen molar-refractivity contribution in [1.29, 1.82) is 0 Å². The molecule has 1 unspecified atom stereocenters. The quantitative estimate of drug-likeness (QED) is 0.611. The second kappa shape index (κ2) is 6.86. The minimum absolute atomic E-state index is 0.166. The molecule has 0 aliphatic carbocycles. The van der Waals surface area contributed by atoms with E-state index in [1.54, 1.807) is 0 Å². The van der Waals surface area contributed by atoms with Crippen LogP contribution in [-0.4, -0.2) is 29.2 Å². The van der Waals surface area contributed by atoms with Gasteiger partial charge in [0.2, 0.25) is 5.91 Å². The lowest BCUT2D eigenvalue weighted by atomic mass is 9.93. The smallest absolute Gasteiger partial charge is 0.240 e. The van der Waals surface area contributed by atoms with Gasteiger partial charge in [-0.05, 0) is 25.2 Å². The predicted octanol–water partition coefficient (Wildman–Crippen LogP) is 1.03. The van der Waals surface area contributed by atoms with Gasteiger partial charge in [0.25, 0.3) is 0 Å². The first-order valence-electron chi connectivity index (χ1n) is 6.11. The highest BCUT2D eigenvalue weighted by atomic mass is 16.3. The van der Waals surface area contributed by atoms with Crippen LogP contribution >= 0.6 is 0 Å². The first kappa shape index (κ1) is 15.4. The molecule has 4 nitrogen and oxygen atoms in total. The molecule has 0 heterocycles. The molecule has 0 aliphatic heterocycles. The number of aliphatic hydroxyl groups excluding tert-OH is 1. The van der Waals surface area contributed by atoms with E-state index in [1.165, 1.54) is 0 Å². The molecule has 4 heteroatoms. The van der Waals surface area contributed by atoms with Gasteiger partial charge in [-0.3, -0.25) is 4.79 Å². The van der Waals surface area contributed by atoms with E-state index in [2.05, 4.69) is 5.32 Å². The normalized spacial score (nSPS) is 13.9. The number of hydrogen-bond donors (Lipinski definition) is 3. The second-order valence-corrected chi connectivity index (χ2v) is 4.86. The molecule has 0 aromatic rings. The number of aliphatic hydroxyl groups is 1. The van der Waals surface area contributed by atoms with Crippen LogP contribution in [-0.2, 0) is 4.79 Å². The maximum atomic E-state index is 11.8. The molecular weight excluding hydrogens is 204 g/mol. The monoisotopic (exact) mass is 230 g/mol. The fourth-order valence-electron chi connectivity index (χ4n) is 1.59. The van der Waals surface area contributed by atoms with Crippen LogP contribution in [0.25, 0.3) is 0 Å². The highest BCUT2D eigenvalue weighted by molar-refractivity contribution is 5.85. The number of nitrogens with one attached hydrogen (secondary N) is 1. The van der Waals surface area contributed by atoms with Crippen LogP contribution in [0.2, 0.25) is 0 Å². The zero-order chi connectivity index (χ0) is 12.8. The summed E-state index contributed by atoms with van der Waals surface area (Å²) in [5, 5.41) is 12.3. The van der Waals surface area contributed by atoms with Crippen LogP contribution < -0.4 is 11.1 Å². The molecule has 0 fully saturated rings. The Morgan fingerprint density at radius 3 is 2.25 bits per heavy atom. The summed E-state index contributed by atoms with van der Waals surface area (Å²) in [6.45, 7) is 8.16. The number of amides is 1. The fourth-order valence-corrected chi connectivity index (χ4v) is 1.59. The van der Waals surface area contributed by atoms with Crippen molar-refractivity contribution in [1.82, 2.24) is 5.32 Å². The molecule has 96 valence electrons. The summed E-state index contributed by atoms with van der Waals surface area (Å²) in [6.07, 6.45) is 1.42. The van der Waals surface area contributed by atoms with E-state index in [-0.39, 0.29) is 12.5 Å². The molecule has 0 aromatic carbocycles. The highest BCUT2D eigenvalue weighted by Crippen LogP contribution is 2.11. The fraction of sp³-hybridized carbons (Fsp3) is 0.917. The molecule has 4 N–H and O–H groups in total. The number of carbonyl (C=O) groups is 1. The van der Waals surface area contributed by atoms with Gasteiger partial charge in [0.1, 0.15) is 0 Å². The SMILES string of the molecule is CCC(N)(CC)C(=O)NCC(O)CC(C)C. The molecule has 0 saturated carbocycles. The molecule has 0 bridgehead atoms. The number of carbonyl (C=O) groups excluding carboxylic acids is 1. The third-order valence-corrected chi connectivity index (χ3v) is 2.96. The van der Waals surface area contributed by atoms with Gasteiger partial charge >= 0.3 is 0 Å². The Hall–Kier alpha value is -0.610. The molecule has 0 spiro atoms. The van der Waals surface area contributed by atoms with E-state index in [0.29, 0.717) is 25.2 Å². The number of nitrogens with two attached hydrogens (primary N) is 1. The molecule has 0 rings (SSSR count). The first-order valence-corrected chi connectivity index (χ1v) is 6.11. The molecular formula is C12H26N2O2. The van der Waals surface area contributed by atoms with Crippen molar-refractivity contribution < 1.29 is 9.90 Å². The van der Waals surface area contributed by atoms with E-state index in [4.69, 9.17) is 5.73 Å². The summed E-state index contributed by atoms with van der Waals surface area (Å²) in [5.41, 5.74) is 5.14. The summed E-state index contributed by atoms with van der Waals surface area (Å²) in [4.78, 5) is 11.8. The molecule has 16 heavy (non-hydrogen) atoms. The lowest BCUT2D eigenvalue weighted by Crippen LogP contribution is -2.54. The second-order valence-electron chi connectivity index (χ2n) is 4.86.